The van der Waals surface area contributed by atoms with Gasteiger partial charge in [0.25, 0.3) is 0 Å². The van der Waals surface area contributed by atoms with E-state index in [1.54, 1.807) is 0 Å². The molecule has 2 N–H and O–H groups in total. The molecule has 0 saturated heterocycles. The van der Waals surface area contributed by atoms with Gasteiger partial charge in [-0.15, -0.1) is 0 Å². The Morgan fingerprint density at radius 1 is 1.07 bits per heavy atom. The number of nitrogens with zero attached hydrogens (tertiary/aromatic N) is 1. The lowest BCUT2D eigenvalue weighted by Crippen LogP contribution is -2.62. The van der Waals surface area contributed by atoms with E-state index in [-0.39, 0.29) is 23.5 Å². The van der Waals surface area contributed by atoms with Crippen molar-refractivity contribution >= 4 is 11.9 Å². The molecule has 1 aromatic rings. The van der Waals surface area contributed by atoms with Crippen molar-refractivity contribution in [3.8, 4) is 0 Å². The summed E-state index contributed by atoms with van der Waals surface area (Å²) in [6, 6.07) is 9.37. The summed E-state index contributed by atoms with van der Waals surface area (Å²) < 4.78 is 0. The molecule has 0 aliphatic heterocycles. The quantitative estimate of drug-likeness (QED) is 0.837. The molecule has 0 aromatic heterocycles. The second kappa shape index (κ2) is 7.27. The summed E-state index contributed by atoms with van der Waals surface area (Å²) in [6.45, 7) is 2.52. The van der Waals surface area contributed by atoms with Gasteiger partial charge in [-0.3, -0.25) is 15.0 Å². The largest absolute Gasteiger partial charge is 0.332 e. The maximum atomic E-state index is 12.6. The van der Waals surface area contributed by atoms with Gasteiger partial charge in [-0.05, 0) is 75.8 Å². The van der Waals surface area contributed by atoms with E-state index in [1.807, 2.05) is 49.2 Å². The van der Waals surface area contributed by atoms with Crippen molar-refractivity contribution in [2.45, 2.75) is 63.6 Å². The summed E-state index contributed by atoms with van der Waals surface area (Å²) >= 11 is 0. The third-order valence-electron chi connectivity index (χ3n) is 6.97. The van der Waals surface area contributed by atoms with E-state index in [2.05, 4.69) is 10.6 Å². The summed E-state index contributed by atoms with van der Waals surface area (Å²) in [4.78, 5) is 27.1. The molecule has 0 radical (unpaired) electrons. The first kappa shape index (κ1) is 18.5. The van der Waals surface area contributed by atoms with E-state index >= 15 is 0 Å². The van der Waals surface area contributed by atoms with Gasteiger partial charge < -0.3 is 5.32 Å². The van der Waals surface area contributed by atoms with E-state index in [9.17, 15) is 9.59 Å². The van der Waals surface area contributed by atoms with E-state index in [4.69, 9.17) is 0 Å². The van der Waals surface area contributed by atoms with Gasteiger partial charge in [0.2, 0.25) is 5.91 Å². The molecule has 4 bridgehead atoms. The van der Waals surface area contributed by atoms with Gasteiger partial charge in [0.1, 0.15) is 0 Å². The van der Waals surface area contributed by atoms with Crippen molar-refractivity contribution in [3.05, 3.63) is 35.9 Å². The van der Waals surface area contributed by atoms with Crippen molar-refractivity contribution in [1.82, 2.24) is 15.5 Å². The summed E-state index contributed by atoms with van der Waals surface area (Å²) in [5.41, 5.74) is 1.08. The first-order valence-corrected chi connectivity index (χ1v) is 10.3. The number of amides is 3. The molecule has 3 amide bonds. The number of carbonyl (C=O) groups excluding carboxylic acids is 2. The number of benzene rings is 1. The SMILES string of the molecule is CC(C(=O)NC(=O)NC12CC3CC(CC(C3)C1)C2)N(C)Cc1ccccc1. The maximum absolute atomic E-state index is 12.6. The van der Waals surface area contributed by atoms with Crippen LogP contribution in [0.1, 0.15) is 51.0 Å². The van der Waals surface area contributed by atoms with Crippen LogP contribution in [-0.4, -0.2) is 35.5 Å². The fourth-order valence-electron chi connectivity index (χ4n) is 5.96. The molecule has 0 heterocycles. The van der Waals surface area contributed by atoms with Crippen LogP contribution in [0.15, 0.2) is 30.3 Å². The van der Waals surface area contributed by atoms with Crippen LogP contribution < -0.4 is 10.6 Å². The van der Waals surface area contributed by atoms with Crippen molar-refractivity contribution in [3.63, 3.8) is 0 Å². The average Bonchev–Trinajstić information content (AvgIpc) is 2.60. The first-order chi connectivity index (χ1) is 12.9. The second-order valence-corrected chi connectivity index (χ2v) is 9.22. The van der Waals surface area contributed by atoms with Crippen molar-refractivity contribution in [2.75, 3.05) is 7.05 Å². The molecule has 4 fully saturated rings. The summed E-state index contributed by atoms with van der Waals surface area (Å²) in [6.07, 6.45) is 7.27. The molecular formula is C22H31N3O2. The number of hydrogen-bond donors (Lipinski definition) is 2. The Morgan fingerprint density at radius 3 is 2.19 bits per heavy atom. The highest BCUT2D eigenvalue weighted by molar-refractivity contribution is 5.97. The lowest BCUT2D eigenvalue weighted by Gasteiger charge is -2.56. The molecule has 1 atom stereocenters. The fraction of sp³-hybridized carbons (Fsp3) is 0.636. The first-order valence-electron chi connectivity index (χ1n) is 10.3. The summed E-state index contributed by atoms with van der Waals surface area (Å²) in [5.74, 6) is 2.06. The van der Waals surface area contributed by atoms with Crippen LogP contribution in [0.25, 0.3) is 0 Å². The molecular weight excluding hydrogens is 338 g/mol. The maximum Gasteiger partial charge on any atom is 0.321 e. The van der Waals surface area contributed by atoms with E-state index in [0.29, 0.717) is 6.54 Å². The molecule has 1 aromatic carbocycles. The number of rotatable bonds is 5. The molecule has 5 nitrogen and oxygen atoms in total. The highest BCUT2D eigenvalue weighted by Crippen LogP contribution is 2.55. The Bertz CT molecular complexity index is 667. The number of urea groups is 1. The van der Waals surface area contributed by atoms with Gasteiger partial charge in [-0.2, -0.15) is 0 Å². The minimum atomic E-state index is -0.368. The molecule has 5 rings (SSSR count). The van der Waals surface area contributed by atoms with Crippen LogP contribution in [0.5, 0.6) is 0 Å². The topological polar surface area (TPSA) is 61.4 Å². The molecule has 27 heavy (non-hydrogen) atoms. The van der Waals surface area contributed by atoms with Crippen molar-refractivity contribution in [2.24, 2.45) is 17.8 Å². The van der Waals surface area contributed by atoms with Gasteiger partial charge in [0.05, 0.1) is 6.04 Å². The monoisotopic (exact) mass is 369 g/mol. The third kappa shape index (κ3) is 4.03. The molecule has 4 saturated carbocycles. The van der Waals surface area contributed by atoms with Crippen molar-refractivity contribution < 1.29 is 9.59 Å². The Kier molecular flexibility index (Phi) is 4.97. The van der Waals surface area contributed by atoms with E-state index in [0.717, 1.165) is 42.6 Å². The van der Waals surface area contributed by atoms with Gasteiger partial charge in [0.15, 0.2) is 0 Å². The van der Waals surface area contributed by atoms with Gasteiger partial charge in [-0.25, -0.2) is 4.79 Å². The molecule has 146 valence electrons. The highest BCUT2D eigenvalue weighted by Gasteiger charge is 2.51. The Labute approximate surface area is 161 Å². The number of nitrogens with one attached hydrogen (secondary N) is 2. The highest BCUT2D eigenvalue weighted by atomic mass is 16.2. The molecule has 5 heteroatoms. The predicted molar refractivity (Wildman–Crippen MR) is 105 cm³/mol. The summed E-state index contributed by atoms with van der Waals surface area (Å²) in [7, 11) is 1.91. The Hall–Kier alpha value is -1.88. The second-order valence-electron chi connectivity index (χ2n) is 9.22. The number of hydrogen-bond acceptors (Lipinski definition) is 3. The van der Waals surface area contributed by atoms with Crippen LogP contribution >= 0.6 is 0 Å². The van der Waals surface area contributed by atoms with Gasteiger partial charge >= 0.3 is 6.03 Å². The number of carbonyl (C=O) groups is 2. The van der Waals surface area contributed by atoms with Gasteiger partial charge in [-0.1, -0.05) is 30.3 Å². The zero-order valence-corrected chi connectivity index (χ0v) is 16.4. The van der Waals surface area contributed by atoms with Crippen LogP contribution in [0, 0.1) is 17.8 Å². The van der Waals surface area contributed by atoms with E-state index in [1.165, 1.54) is 19.3 Å². The predicted octanol–water partition coefficient (Wildman–Crippen LogP) is 3.30. The smallest absolute Gasteiger partial charge is 0.321 e. The fourth-order valence-corrected chi connectivity index (χ4v) is 5.96. The molecule has 0 spiro atoms. The van der Waals surface area contributed by atoms with Gasteiger partial charge in [0, 0.05) is 12.1 Å². The summed E-state index contributed by atoms with van der Waals surface area (Å²) in [5, 5.41) is 5.80. The minimum absolute atomic E-state index is 0.0711. The average molecular weight is 370 g/mol. The molecule has 4 aliphatic carbocycles. The Balaban J connectivity index is 1.30. The molecule has 4 aliphatic rings. The zero-order chi connectivity index (χ0) is 19.0. The molecule has 1 unspecified atom stereocenters. The minimum Gasteiger partial charge on any atom is -0.332 e. The standard InChI is InChI=1S/C22H31N3O2/c1-15(25(2)14-16-6-4-3-5-7-16)20(26)23-21(27)24-22-11-17-8-18(12-22)10-19(9-17)13-22/h3-7,15,17-19H,8-14H2,1-2H3,(H2,23,24,26,27). The van der Waals surface area contributed by atoms with Crippen LogP contribution in [0.4, 0.5) is 4.79 Å². The van der Waals surface area contributed by atoms with Crippen LogP contribution in [0.2, 0.25) is 0 Å². The van der Waals surface area contributed by atoms with Crippen LogP contribution in [0.3, 0.4) is 0 Å². The van der Waals surface area contributed by atoms with E-state index < -0.39 is 0 Å². The Morgan fingerprint density at radius 2 is 1.63 bits per heavy atom. The number of imide groups is 1. The van der Waals surface area contributed by atoms with Crippen molar-refractivity contribution in [1.29, 1.82) is 0 Å². The third-order valence-corrected chi connectivity index (χ3v) is 6.97. The zero-order valence-electron chi connectivity index (χ0n) is 16.4. The lowest BCUT2D eigenvalue weighted by atomic mass is 9.53. The lowest BCUT2D eigenvalue weighted by molar-refractivity contribution is -0.124. The number of likely N-dealkylation sites (N-methyl/N-ethyl adjacent to an activating group) is 1. The van der Waals surface area contributed by atoms with Crippen LogP contribution in [-0.2, 0) is 11.3 Å². The normalized spacial score (nSPS) is 32.3.